The van der Waals surface area contributed by atoms with Gasteiger partial charge in [0.1, 0.15) is 0 Å². The quantitative estimate of drug-likeness (QED) is 0.441. The lowest BCUT2D eigenvalue weighted by molar-refractivity contribution is 0.348. The van der Waals surface area contributed by atoms with Crippen molar-refractivity contribution in [1.29, 1.82) is 0 Å². The van der Waals surface area contributed by atoms with Gasteiger partial charge in [-0.1, -0.05) is 19.9 Å². The molecule has 60 valence electrons. The van der Waals surface area contributed by atoms with Crippen molar-refractivity contribution in [1.82, 2.24) is 0 Å². The van der Waals surface area contributed by atoms with Crippen molar-refractivity contribution in [3.63, 3.8) is 0 Å². The van der Waals surface area contributed by atoms with Crippen molar-refractivity contribution < 1.29 is 4.43 Å². The second kappa shape index (κ2) is 4.69. The van der Waals surface area contributed by atoms with Crippen LogP contribution >= 0.6 is 0 Å². The highest BCUT2D eigenvalue weighted by Gasteiger charge is 2.22. The van der Waals surface area contributed by atoms with Gasteiger partial charge in [0.05, 0.1) is 6.61 Å². The largest absolute Gasteiger partial charge is 0.413 e. The summed E-state index contributed by atoms with van der Waals surface area (Å²) in [6.45, 7) is 11.0. The van der Waals surface area contributed by atoms with Crippen LogP contribution in [0.3, 0.4) is 0 Å². The monoisotopic (exact) mass is 158 g/mol. The molecule has 0 aliphatic heterocycles. The molecule has 0 radical (unpaired) electrons. The van der Waals surface area contributed by atoms with E-state index in [1.807, 2.05) is 6.08 Å². The zero-order chi connectivity index (χ0) is 8.04. The van der Waals surface area contributed by atoms with Crippen LogP contribution < -0.4 is 0 Å². The maximum Gasteiger partial charge on any atom is 0.189 e. The van der Waals surface area contributed by atoms with Crippen LogP contribution in [0.4, 0.5) is 0 Å². The fourth-order valence-electron chi connectivity index (χ4n) is 0.714. The van der Waals surface area contributed by atoms with Gasteiger partial charge in [-0.15, -0.1) is 6.58 Å². The third-order valence-corrected chi connectivity index (χ3v) is 5.90. The van der Waals surface area contributed by atoms with Crippen molar-refractivity contribution in [2.24, 2.45) is 0 Å². The van der Waals surface area contributed by atoms with Crippen LogP contribution in [0.15, 0.2) is 12.7 Å². The Balaban J connectivity index is 3.68. The molecule has 0 saturated carbocycles. The molecule has 0 aliphatic carbocycles. The molecule has 0 heterocycles. The van der Waals surface area contributed by atoms with Crippen molar-refractivity contribution in [2.45, 2.75) is 32.5 Å². The molecule has 0 bridgehead atoms. The van der Waals surface area contributed by atoms with Gasteiger partial charge < -0.3 is 4.43 Å². The minimum absolute atomic E-state index is 0.727. The Hall–Kier alpha value is -0.0831. The van der Waals surface area contributed by atoms with Crippen molar-refractivity contribution in [3.8, 4) is 0 Å². The van der Waals surface area contributed by atoms with Crippen molar-refractivity contribution in [3.05, 3.63) is 12.7 Å². The predicted molar refractivity (Wildman–Crippen MR) is 48.7 cm³/mol. The molecule has 1 nitrogen and oxygen atoms in total. The molecular weight excluding hydrogens is 140 g/mol. The molecule has 0 aliphatic rings. The minimum atomic E-state index is -1.29. The molecular formula is C8H18OSi. The molecule has 0 rings (SSSR count). The highest BCUT2D eigenvalue weighted by atomic mass is 28.4. The Kier molecular flexibility index (Phi) is 4.65. The van der Waals surface area contributed by atoms with Gasteiger partial charge in [0.25, 0.3) is 0 Å². The van der Waals surface area contributed by atoms with Crippen LogP contribution in [0.1, 0.15) is 13.8 Å². The molecule has 0 N–H and O–H groups in total. The van der Waals surface area contributed by atoms with Crippen LogP contribution in [-0.2, 0) is 4.43 Å². The Bertz CT molecular complexity index is 97.4. The highest BCUT2D eigenvalue weighted by Crippen LogP contribution is 2.15. The van der Waals surface area contributed by atoms with Crippen LogP contribution in [0, 0.1) is 0 Å². The van der Waals surface area contributed by atoms with Gasteiger partial charge in [0, 0.05) is 0 Å². The number of hydrogen-bond acceptors (Lipinski definition) is 1. The second-order valence-electron chi connectivity index (χ2n) is 2.76. The van der Waals surface area contributed by atoms with E-state index in [-0.39, 0.29) is 0 Å². The second-order valence-corrected chi connectivity index (χ2v) is 7.36. The average Bonchev–Trinajstić information content (AvgIpc) is 2.00. The van der Waals surface area contributed by atoms with E-state index in [1.165, 1.54) is 12.1 Å². The molecule has 0 unspecified atom stereocenters. The van der Waals surface area contributed by atoms with Gasteiger partial charge in [-0.25, -0.2) is 0 Å². The Morgan fingerprint density at radius 2 is 1.90 bits per heavy atom. The molecule has 10 heavy (non-hydrogen) atoms. The summed E-state index contributed by atoms with van der Waals surface area (Å²) in [6, 6.07) is 2.41. The topological polar surface area (TPSA) is 9.23 Å². The summed E-state index contributed by atoms with van der Waals surface area (Å²) in [7, 11) is -1.29. The van der Waals surface area contributed by atoms with Crippen molar-refractivity contribution >= 4 is 8.32 Å². The van der Waals surface area contributed by atoms with Gasteiger partial charge in [-0.2, -0.15) is 0 Å². The van der Waals surface area contributed by atoms with E-state index >= 15 is 0 Å². The van der Waals surface area contributed by atoms with Gasteiger partial charge in [-0.3, -0.25) is 0 Å². The van der Waals surface area contributed by atoms with Gasteiger partial charge in [-0.05, 0) is 18.6 Å². The first kappa shape index (κ1) is 9.92. The smallest absolute Gasteiger partial charge is 0.189 e. The molecule has 0 fully saturated rings. The van der Waals surface area contributed by atoms with E-state index in [0.29, 0.717) is 0 Å². The van der Waals surface area contributed by atoms with Crippen LogP contribution in [0.2, 0.25) is 18.6 Å². The van der Waals surface area contributed by atoms with E-state index in [0.717, 1.165) is 6.61 Å². The van der Waals surface area contributed by atoms with E-state index < -0.39 is 8.32 Å². The van der Waals surface area contributed by atoms with Gasteiger partial charge in [0.2, 0.25) is 0 Å². The first-order valence-corrected chi connectivity index (χ1v) is 6.75. The molecule has 0 saturated heterocycles. The zero-order valence-electron chi connectivity index (χ0n) is 7.31. The molecule has 0 spiro atoms. The van der Waals surface area contributed by atoms with Gasteiger partial charge in [0.15, 0.2) is 8.32 Å². The number of hydrogen-bond donors (Lipinski definition) is 0. The number of rotatable bonds is 5. The van der Waals surface area contributed by atoms with E-state index in [9.17, 15) is 0 Å². The maximum absolute atomic E-state index is 5.70. The summed E-state index contributed by atoms with van der Waals surface area (Å²) in [4.78, 5) is 0. The SMILES string of the molecule is C=CCO[Si](C)(CC)CC. The summed E-state index contributed by atoms with van der Waals surface area (Å²) in [5, 5.41) is 0. The minimum Gasteiger partial charge on any atom is -0.413 e. The van der Waals surface area contributed by atoms with E-state index in [1.54, 1.807) is 0 Å². The highest BCUT2D eigenvalue weighted by molar-refractivity contribution is 6.72. The zero-order valence-corrected chi connectivity index (χ0v) is 8.31. The van der Waals surface area contributed by atoms with Crippen molar-refractivity contribution in [2.75, 3.05) is 6.61 Å². The first-order chi connectivity index (χ1) is 4.68. The Morgan fingerprint density at radius 1 is 1.40 bits per heavy atom. The lowest BCUT2D eigenvalue weighted by atomic mass is 10.7. The first-order valence-electron chi connectivity index (χ1n) is 3.93. The molecule has 0 amide bonds. The Morgan fingerprint density at radius 3 is 2.20 bits per heavy atom. The van der Waals surface area contributed by atoms with Crippen LogP contribution in [0.5, 0.6) is 0 Å². The molecule has 2 heteroatoms. The summed E-state index contributed by atoms with van der Waals surface area (Å²) >= 11 is 0. The van der Waals surface area contributed by atoms with E-state index in [4.69, 9.17) is 4.43 Å². The molecule has 0 aromatic heterocycles. The third-order valence-electron chi connectivity index (χ3n) is 2.05. The standard InChI is InChI=1S/C8H18OSi/c1-5-8-9-10(4,6-2)7-3/h5H,1,6-8H2,2-4H3. The lowest BCUT2D eigenvalue weighted by Gasteiger charge is -2.23. The Labute approximate surface area is 65.2 Å². The molecule has 0 atom stereocenters. The maximum atomic E-state index is 5.70. The molecule has 0 aromatic rings. The summed E-state index contributed by atoms with van der Waals surface area (Å²) < 4.78 is 5.70. The molecule has 0 aromatic carbocycles. The predicted octanol–water partition coefficient (Wildman–Crippen LogP) is 2.80. The third kappa shape index (κ3) is 3.18. The lowest BCUT2D eigenvalue weighted by Crippen LogP contribution is -2.32. The van der Waals surface area contributed by atoms with E-state index in [2.05, 4.69) is 27.0 Å². The fraction of sp³-hybridized carbons (Fsp3) is 0.750. The van der Waals surface area contributed by atoms with Gasteiger partial charge >= 0.3 is 0 Å². The summed E-state index contributed by atoms with van der Waals surface area (Å²) in [5.41, 5.74) is 0. The average molecular weight is 158 g/mol. The normalized spacial score (nSPS) is 11.5. The van der Waals surface area contributed by atoms with Crippen LogP contribution in [-0.4, -0.2) is 14.9 Å². The van der Waals surface area contributed by atoms with Crippen LogP contribution in [0.25, 0.3) is 0 Å². The summed E-state index contributed by atoms with van der Waals surface area (Å²) in [6.07, 6.45) is 1.83. The fourth-order valence-corrected chi connectivity index (χ4v) is 2.14. The summed E-state index contributed by atoms with van der Waals surface area (Å²) in [5.74, 6) is 0.